The molecule has 0 saturated carbocycles. The second-order valence-corrected chi connectivity index (χ2v) is 9.23. The molecule has 6 rings (SSSR count). The van der Waals surface area contributed by atoms with Gasteiger partial charge in [-0.3, -0.25) is 9.67 Å². The number of nitrogens with zero attached hydrogens (tertiary/aromatic N) is 5. The van der Waals surface area contributed by atoms with Gasteiger partial charge in [0, 0.05) is 23.9 Å². The van der Waals surface area contributed by atoms with Crippen molar-refractivity contribution in [1.29, 1.82) is 0 Å². The van der Waals surface area contributed by atoms with Crippen LogP contribution in [0.25, 0.3) is 22.2 Å². The second-order valence-electron chi connectivity index (χ2n) is 9.23. The first-order chi connectivity index (χ1) is 17.1. The molecule has 35 heavy (non-hydrogen) atoms. The third kappa shape index (κ3) is 4.03. The van der Waals surface area contributed by atoms with E-state index in [2.05, 4.69) is 15.4 Å². The van der Waals surface area contributed by atoms with Crippen LogP contribution < -0.4 is 10.2 Å². The molecule has 180 valence electrons. The fourth-order valence-corrected chi connectivity index (χ4v) is 5.34. The van der Waals surface area contributed by atoms with Crippen LogP contribution in [0, 0.1) is 17.5 Å². The largest absolute Gasteiger partial charge is 0.349 e. The lowest BCUT2D eigenvalue weighted by atomic mass is 10.0. The van der Waals surface area contributed by atoms with Gasteiger partial charge in [-0.15, -0.1) is 0 Å². The topological polar surface area (TPSA) is 58.9 Å². The molecule has 1 aromatic carbocycles. The van der Waals surface area contributed by atoms with Crippen molar-refractivity contribution in [1.82, 2.24) is 25.1 Å². The summed E-state index contributed by atoms with van der Waals surface area (Å²) in [6.07, 6.45) is 8.20. The van der Waals surface area contributed by atoms with Gasteiger partial charge in [0.25, 0.3) is 0 Å². The van der Waals surface area contributed by atoms with E-state index in [-0.39, 0.29) is 12.1 Å². The lowest BCUT2D eigenvalue weighted by Gasteiger charge is -2.27. The first-order valence-electron chi connectivity index (χ1n) is 12.0. The number of benzene rings is 1. The van der Waals surface area contributed by atoms with Crippen LogP contribution in [0.2, 0.25) is 0 Å². The van der Waals surface area contributed by atoms with Crippen LogP contribution in [0.1, 0.15) is 43.3 Å². The summed E-state index contributed by atoms with van der Waals surface area (Å²) in [5, 5.41) is 7.86. The number of fused-ring (bicyclic) bond motifs is 1. The van der Waals surface area contributed by atoms with Gasteiger partial charge in [-0.25, -0.2) is 18.2 Å². The maximum absolute atomic E-state index is 15.2. The minimum atomic E-state index is -0.473. The number of rotatable bonds is 4. The Kier molecular flexibility index (Phi) is 5.64. The van der Waals surface area contributed by atoms with Crippen LogP contribution in [0.15, 0.2) is 48.9 Å². The molecule has 2 saturated heterocycles. The predicted octanol–water partition coefficient (Wildman–Crippen LogP) is 5.18. The quantitative estimate of drug-likeness (QED) is 0.438. The molecular weight excluding hydrogens is 453 g/mol. The van der Waals surface area contributed by atoms with E-state index in [0.29, 0.717) is 46.5 Å². The molecule has 1 N–H and O–H groups in total. The third-order valence-corrected chi connectivity index (χ3v) is 7.09. The molecule has 0 amide bonds. The normalized spacial score (nSPS) is 19.1. The number of piperidine rings is 1. The van der Waals surface area contributed by atoms with E-state index in [0.717, 1.165) is 44.5 Å². The van der Waals surface area contributed by atoms with E-state index < -0.39 is 17.5 Å². The van der Waals surface area contributed by atoms with Crippen LogP contribution >= 0.6 is 0 Å². The highest BCUT2D eigenvalue weighted by Crippen LogP contribution is 2.38. The average molecular weight is 479 g/mol. The SMILES string of the molecule is Fc1ccc(F)c(C2CCCN2c2ccc3ncc(F)c(-c4cnn(C5CCNCC5)c4)c3n2)c1. The molecule has 1 atom stereocenters. The minimum Gasteiger partial charge on any atom is -0.349 e. The summed E-state index contributed by atoms with van der Waals surface area (Å²) in [4.78, 5) is 11.0. The number of anilines is 1. The Hall–Kier alpha value is -3.46. The second kappa shape index (κ2) is 8.96. The van der Waals surface area contributed by atoms with Crippen molar-refractivity contribution in [2.24, 2.45) is 0 Å². The van der Waals surface area contributed by atoms with Gasteiger partial charge in [-0.1, -0.05) is 0 Å². The fraction of sp³-hybridized carbons (Fsp3) is 0.346. The van der Waals surface area contributed by atoms with Crippen molar-refractivity contribution >= 4 is 16.9 Å². The van der Waals surface area contributed by atoms with Crippen molar-refractivity contribution in [3.05, 3.63) is 71.9 Å². The molecule has 0 bridgehead atoms. The lowest BCUT2D eigenvalue weighted by molar-refractivity contribution is 0.343. The monoisotopic (exact) mass is 478 g/mol. The predicted molar refractivity (Wildman–Crippen MR) is 128 cm³/mol. The number of halogens is 3. The van der Waals surface area contributed by atoms with Gasteiger partial charge < -0.3 is 10.2 Å². The van der Waals surface area contributed by atoms with Crippen molar-refractivity contribution in [3.8, 4) is 11.1 Å². The number of hydrogen-bond donors (Lipinski definition) is 1. The zero-order chi connectivity index (χ0) is 23.9. The summed E-state index contributed by atoms with van der Waals surface area (Å²) in [6.45, 7) is 2.51. The van der Waals surface area contributed by atoms with Gasteiger partial charge in [0.05, 0.1) is 35.6 Å². The third-order valence-electron chi connectivity index (χ3n) is 7.09. The molecule has 5 heterocycles. The van der Waals surface area contributed by atoms with Crippen LogP contribution in [-0.4, -0.2) is 39.4 Å². The summed E-state index contributed by atoms with van der Waals surface area (Å²) in [7, 11) is 0. The average Bonchev–Trinajstić information content (AvgIpc) is 3.56. The molecule has 6 nitrogen and oxygen atoms in total. The summed E-state index contributed by atoms with van der Waals surface area (Å²) >= 11 is 0. The van der Waals surface area contributed by atoms with Crippen molar-refractivity contribution < 1.29 is 13.2 Å². The number of nitrogens with one attached hydrogen (secondary N) is 1. The molecular formula is C26H25F3N6. The summed E-state index contributed by atoms with van der Waals surface area (Å²) in [5.41, 5.74) is 2.30. The lowest BCUT2D eigenvalue weighted by Crippen LogP contribution is -2.29. The highest BCUT2D eigenvalue weighted by atomic mass is 19.1. The van der Waals surface area contributed by atoms with Gasteiger partial charge in [0.15, 0.2) is 5.82 Å². The van der Waals surface area contributed by atoms with Gasteiger partial charge in [0.1, 0.15) is 23.0 Å². The zero-order valence-corrected chi connectivity index (χ0v) is 19.1. The Bertz CT molecular complexity index is 1380. The Morgan fingerprint density at radius 1 is 0.943 bits per heavy atom. The Balaban J connectivity index is 1.41. The molecule has 4 aromatic rings. The van der Waals surface area contributed by atoms with Gasteiger partial charge in [0.2, 0.25) is 0 Å². The van der Waals surface area contributed by atoms with Crippen molar-refractivity contribution in [3.63, 3.8) is 0 Å². The molecule has 1 unspecified atom stereocenters. The van der Waals surface area contributed by atoms with E-state index in [4.69, 9.17) is 4.98 Å². The van der Waals surface area contributed by atoms with Crippen molar-refractivity contribution in [2.45, 2.75) is 37.8 Å². The first kappa shape index (κ1) is 22.0. The smallest absolute Gasteiger partial charge is 0.151 e. The summed E-state index contributed by atoms with van der Waals surface area (Å²) < 4.78 is 45.5. The van der Waals surface area contributed by atoms with Crippen molar-refractivity contribution in [2.75, 3.05) is 24.5 Å². The molecule has 2 fully saturated rings. The van der Waals surface area contributed by atoms with Gasteiger partial charge in [-0.2, -0.15) is 5.10 Å². The van der Waals surface area contributed by atoms with E-state index in [9.17, 15) is 8.78 Å². The molecule has 0 aliphatic carbocycles. The molecule has 2 aliphatic rings. The highest BCUT2D eigenvalue weighted by Gasteiger charge is 2.30. The van der Waals surface area contributed by atoms with Gasteiger partial charge >= 0.3 is 0 Å². The van der Waals surface area contributed by atoms with E-state index >= 15 is 4.39 Å². The van der Waals surface area contributed by atoms with Gasteiger partial charge in [-0.05, 0) is 69.1 Å². The maximum atomic E-state index is 15.2. The Morgan fingerprint density at radius 3 is 2.66 bits per heavy atom. The van der Waals surface area contributed by atoms with Crippen LogP contribution in [0.3, 0.4) is 0 Å². The van der Waals surface area contributed by atoms with E-state index in [1.54, 1.807) is 12.3 Å². The maximum Gasteiger partial charge on any atom is 0.151 e. The highest BCUT2D eigenvalue weighted by molar-refractivity contribution is 5.92. The molecule has 2 aliphatic heterocycles. The minimum absolute atomic E-state index is 0.274. The summed E-state index contributed by atoms with van der Waals surface area (Å²) in [5.74, 6) is -0.800. The Morgan fingerprint density at radius 2 is 1.80 bits per heavy atom. The molecule has 9 heteroatoms. The first-order valence-corrected chi connectivity index (χ1v) is 12.0. The van der Waals surface area contributed by atoms with E-state index in [1.165, 1.54) is 12.3 Å². The molecule has 0 radical (unpaired) electrons. The number of aromatic nitrogens is 4. The molecule has 0 spiro atoms. The zero-order valence-electron chi connectivity index (χ0n) is 19.1. The number of pyridine rings is 2. The Labute approximate surface area is 200 Å². The van der Waals surface area contributed by atoms with E-state index in [1.807, 2.05) is 21.8 Å². The molecule has 3 aromatic heterocycles. The summed E-state index contributed by atoms with van der Waals surface area (Å²) in [6, 6.07) is 7.07. The van der Waals surface area contributed by atoms with Crippen LogP contribution in [0.4, 0.5) is 19.0 Å². The standard InChI is InChI=1S/C26H25F3N6/c27-17-3-4-20(28)19(12-17)23-2-1-11-34(23)24-6-5-22-26(33-24)25(21(29)14-31-22)16-13-32-35(15-16)18-7-9-30-10-8-18/h3-6,12-15,18,23,30H,1-2,7-11H2. The van der Waals surface area contributed by atoms with Crippen LogP contribution in [0.5, 0.6) is 0 Å². The van der Waals surface area contributed by atoms with Crippen LogP contribution in [-0.2, 0) is 0 Å². The number of hydrogen-bond acceptors (Lipinski definition) is 5. The fourth-order valence-electron chi connectivity index (χ4n) is 5.34.